The first kappa shape index (κ1) is 13.4. The molecule has 0 spiro atoms. The molecule has 0 amide bonds. The lowest BCUT2D eigenvalue weighted by Gasteiger charge is -2.08. The summed E-state index contributed by atoms with van der Waals surface area (Å²) in [5.74, 6) is 0.206. The van der Waals surface area contributed by atoms with Crippen LogP contribution >= 0.6 is 11.8 Å². The lowest BCUT2D eigenvalue weighted by atomic mass is 10.1. The molecule has 0 radical (unpaired) electrons. The van der Waals surface area contributed by atoms with Crippen molar-refractivity contribution in [2.45, 2.75) is 17.6 Å². The molecule has 0 bridgehead atoms. The highest BCUT2D eigenvalue weighted by Crippen LogP contribution is 2.30. The van der Waals surface area contributed by atoms with Crippen LogP contribution in [0.5, 0.6) is 0 Å². The van der Waals surface area contributed by atoms with Gasteiger partial charge in [0.15, 0.2) is 0 Å². The molecule has 0 aliphatic rings. The van der Waals surface area contributed by atoms with Crippen molar-refractivity contribution in [3.8, 4) is 6.07 Å². The van der Waals surface area contributed by atoms with Gasteiger partial charge in [-0.1, -0.05) is 18.2 Å². The number of benzene rings is 2. The minimum absolute atomic E-state index is 0.374. The van der Waals surface area contributed by atoms with E-state index < -0.39 is 0 Å². The maximum atomic E-state index is 13.0. The van der Waals surface area contributed by atoms with E-state index in [0.29, 0.717) is 11.3 Å². The van der Waals surface area contributed by atoms with E-state index in [0.717, 1.165) is 21.7 Å². The summed E-state index contributed by atoms with van der Waals surface area (Å²) in [7, 11) is 0. The Kier molecular flexibility index (Phi) is 4.08. The van der Waals surface area contributed by atoms with Gasteiger partial charge in [0.25, 0.3) is 0 Å². The maximum Gasteiger partial charge on any atom is 0.124 e. The summed E-state index contributed by atoms with van der Waals surface area (Å²) >= 11 is 1.55. The number of nitrogens with zero attached hydrogens (tertiary/aromatic N) is 1. The molecule has 0 heterocycles. The van der Waals surface area contributed by atoms with Crippen molar-refractivity contribution in [1.29, 1.82) is 5.26 Å². The number of nitrogens with two attached hydrogens (primary N) is 1. The Balaban J connectivity index is 2.20. The van der Waals surface area contributed by atoms with Gasteiger partial charge in [0.1, 0.15) is 5.82 Å². The number of para-hydroxylation sites is 1. The van der Waals surface area contributed by atoms with Crippen LogP contribution in [0.2, 0.25) is 0 Å². The normalized spacial score (nSPS) is 10.2. The topological polar surface area (TPSA) is 49.8 Å². The van der Waals surface area contributed by atoms with E-state index in [9.17, 15) is 4.39 Å². The zero-order chi connectivity index (χ0) is 13.8. The van der Waals surface area contributed by atoms with Crippen LogP contribution in [-0.2, 0) is 5.75 Å². The lowest BCUT2D eigenvalue weighted by molar-refractivity contribution is 0.627. The first-order valence-electron chi connectivity index (χ1n) is 5.78. The quantitative estimate of drug-likeness (QED) is 0.681. The van der Waals surface area contributed by atoms with Crippen molar-refractivity contribution in [1.82, 2.24) is 0 Å². The Hall–Kier alpha value is -1.99. The number of halogens is 1. The van der Waals surface area contributed by atoms with Crippen LogP contribution in [0.15, 0.2) is 41.3 Å². The van der Waals surface area contributed by atoms with Crippen LogP contribution < -0.4 is 5.73 Å². The van der Waals surface area contributed by atoms with Crippen LogP contribution in [0.25, 0.3) is 0 Å². The first-order valence-corrected chi connectivity index (χ1v) is 6.77. The highest BCUT2D eigenvalue weighted by molar-refractivity contribution is 7.98. The number of nitriles is 1. The molecule has 0 saturated carbocycles. The summed E-state index contributed by atoms with van der Waals surface area (Å²) in [6.45, 7) is 1.96. The molecule has 2 N–H and O–H groups in total. The van der Waals surface area contributed by atoms with Crippen LogP contribution in [-0.4, -0.2) is 0 Å². The number of anilines is 1. The summed E-state index contributed by atoms with van der Waals surface area (Å²) in [4.78, 5) is 0.980. The molecule has 0 aliphatic carbocycles. The average Bonchev–Trinajstić information content (AvgIpc) is 2.41. The molecule has 2 aromatic carbocycles. The van der Waals surface area contributed by atoms with Gasteiger partial charge in [-0.3, -0.25) is 0 Å². The SMILES string of the molecule is Cc1cccc(SCc2ccc(F)cc2C#N)c1N. The van der Waals surface area contributed by atoms with Crippen LogP contribution in [0.1, 0.15) is 16.7 Å². The number of hydrogen-bond donors (Lipinski definition) is 1. The number of hydrogen-bond acceptors (Lipinski definition) is 3. The molecule has 0 aliphatic heterocycles. The number of aryl methyl sites for hydroxylation is 1. The van der Waals surface area contributed by atoms with E-state index in [1.54, 1.807) is 17.8 Å². The van der Waals surface area contributed by atoms with Gasteiger partial charge < -0.3 is 5.73 Å². The molecule has 2 aromatic rings. The van der Waals surface area contributed by atoms with Gasteiger partial charge >= 0.3 is 0 Å². The third-order valence-corrected chi connectivity index (χ3v) is 3.98. The second kappa shape index (κ2) is 5.77. The van der Waals surface area contributed by atoms with Gasteiger partial charge in [0, 0.05) is 16.3 Å². The van der Waals surface area contributed by atoms with Gasteiger partial charge in [-0.2, -0.15) is 5.26 Å². The Labute approximate surface area is 116 Å². The predicted octanol–water partition coefficient (Wildman–Crippen LogP) is 3.88. The van der Waals surface area contributed by atoms with Crippen molar-refractivity contribution in [3.05, 3.63) is 58.9 Å². The Morgan fingerprint density at radius 3 is 2.84 bits per heavy atom. The standard InChI is InChI=1S/C15H13FN2S/c1-10-3-2-4-14(15(10)18)19-9-11-5-6-13(16)7-12(11)8-17/h2-7H,9,18H2,1H3. The smallest absolute Gasteiger partial charge is 0.124 e. The zero-order valence-electron chi connectivity index (χ0n) is 10.5. The van der Waals surface area contributed by atoms with E-state index in [1.165, 1.54) is 12.1 Å². The highest BCUT2D eigenvalue weighted by Gasteiger charge is 2.07. The van der Waals surface area contributed by atoms with E-state index in [-0.39, 0.29) is 5.82 Å². The van der Waals surface area contributed by atoms with Crippen LogP contribution in [0.4, 0.5) is 10.1 Å². The minimum Gasteiger partial charge on any atom is -0.398 e. The Morgan fingerprint density at radius 1 is 1.32 bits per heavy atom. The molecular formula is C15H13FN2S. The van der Waals surface area contributed by atoms with E-state index in [2.05, 4.69) is 0 Å². The van der Waals surface area contributed by atoms with Crippen molar-refractivity contribution >= 4 is 17.4 Å². The maximum absolute atomic E-state index is 13.0. The molecule has 4 heteroatoms. The second-order valence-corrected chi connectivity index (χ2v) is 5.21. The fourth-order valence-electron chi connectivity index (χ4n) is 1.71. The second-order valence-electron chi connectivity index (χ2n) is 4.19. The molecule has 0 saturated heterocycles. The third kappa shape index (κ3) is 3.07. The summed E-state index contributed by atoms with van der Waals surface area (Å²) in [5, 5.41) is 8.99. The van der Waals surface area contributed by atoms with Gasteiger partial charge in [-0.05, 0) is 36.2 Å². The van der Waals surface area contributed by atoms with Gasteiger partial charge in [0.2, 0.25) is 0 Å². The molecule has 2 nitrogen and oxygen atoms in total. The molecule has 0 atom stereocenters. The number of nitrogen functional groups attached to an aromatic ring is 1. The van der Waals surface area contributed by atoms with Crippen LogP contribution in [0.3, 0.4) is 0 Å². The molecule has 0 fully saturated rings. The summed E-state index contributed by atoms with van der Waals surface area (Å²) in [5.41, 5.74) is 8.97. The van der Waals surface area contributed by atoms with E-state index in [1.807, 2.05) is 31.2 Å². The van der Waals surface area contributed by atoms with E-state index in [4.69, 9.17) is 11.0 Å². The van der Waals surface area contributed by atoms with Gasteiger partial charge in [-0.15, -0.1) is 11.8 Å². The minimum atomic E-state index is -0.389. The average molecular weight is 272 g/mol. The number of thioether (sulfide) groups is 1. The fourth-order valence-corrected chi connectivity index (χ4v) is 2.77. The molecule has 0 unspecified atom stereocenters. The van der Waals surface area contributed by atoms with Crippen molar-refractivity contribution in [2.24, 2.45) is 0 Å². The first-order chi connectivity index (χ1) is 9.11. The zero-order valence-corrected chi connectivity index (χ0v) is 11.3. The summed E-state index contributed by atoms with van der Waals surface area (Å²) in [6, 6.07) is 12.1. The fraction of sp³-hybridized carbons (Fsp3) is 0.133. The molecule has 96 valence electrons. The predicted molar refractivity (Wildman–Crippen MR) is 76.3 cm³/mol. The third-order valence-electron chi connectivity index (χ3n) is 2.86. The largest absolute Gasteiger partial charge is 0.398 e. The summed E-state index contributed by atoms with van der Waals surface area (Å²) < 4.78 is 13.0. The lowest BCUT2D eigenvalue weighted by Crippen LogP contribution is -1.93. The van der Waals surface area contributed by atoms with Crippen molar-refractivity contribution in [3.63, 3.8) is 0 Å². The van der Waals surface area contributed by atoms with Crippen molar-refractivity contribution < 1.29 is 4.39 Å². The molecule has 0 aromatic heterocycles. The highest BCUT2D eigenvalue weighted by atomic mass is 32.2. The van der Waals surface area contributed by atoms with Gasteiger partial charge in [-0.25, -0.2) is 4.39 Å². The number of rotatable bonds is 3. The van der Waals surface area contributed by atoms with Gasteiger partial charge in [0.05, 0.1) is 11.6 Å². The monoisotopic (exact) mass is 272 g/mol. The molecular weight excluding hydrogens is 259 g/mol. The Morgan fingerprint density at radius 2 is 2.11 bits per heavy atom. The van der Waals surface area contributed by atoms with E-state index >= 15 is 0 Å². The molecule has 19 heavy (non-hydrogen) atoms. The van der Waals surface area contributed by atoms with Crippen LogP contribution in [0, 0.1) is 24.1 Å². The molecule has 2 rings (SSSR count). The van der Waals surface area contributed by atoms with Crippen molar-refractivity contribution in [2.75, 3.05) is 5.73 Å². The Bertz CT molecular complexity index is 647. The summed E-state index contributed by atoms with van der Waals surface area (Å²) in [6.07, 6.45) is 0.